The van der Waals surface area contributed by atoms with Crippen LogP contribution in [-0.2, 0) is 0 Å². The van der Waals surface area contributed by atoms with Gasteiger partial charge in [0.25, 0.3) is 0 Å². The van der Waals surface area contributed by atoms with Gasteiger partial charge in [0.15, 0.2) is 0 Å². The van der Waals surface area contributed by atoms with E-state index in [2.05, 4.69) is 112 Å². The fourth-order valence-electron chi connectivity index (χ4n) is 8.52. The molecule has 220 valence electrons. The van der Waals surface area contributed by atoms with Gasteiger partial charge in [0.2, 0.25) is 0 Å². The van der Waals surface area contributed by atoms with Gasteiger partial charge >= 0.3 is 254 Å². The van der Waals surface area contributed by atoms with Gasteiger partial charge in [0.1, 0.15) is 0 Å². The summed E-state index contributed by atoms with van der Waals surface area (Å²) in [4.78, 5) is 3.00. The Hall–Kier alpha value is -0.844. The topological polar surface area (TPSA) is 3.24 Å². The molecule has 40 heavy (non-hydrogen) atoms. The third-order valence-electron chi connectivity index (χ3n) is 10.1. The first-order valence-corrected chi connectivity index (χ1v) is 28.2. The normalized spacial score (nSPS) is 23.2. The number of unbranched alkanes of at least 4 members (excludes halogenated alkanes) is 3. The molecule has 1 aliphatic carbocycles. The van der Waals surface area contributed by atoms with Gasteiger partial charge in [0.05, 0.1) is 0 Å². The van der Waals surface area contributed by atoms with E-state index in [1.54, 1.807) is 13.3 Å². The molecule has 2 aromatic rings. The second-order valence-corrected chi connectivity index (χ2v) is 33.5. The van der Waals surface area contributed by atoms with Gasteiger partial charge in [-0.25, -0.2) is 0 Å². The third-order valence-corrected chi connectivity index (χ3v) is 29.3. The van der Waals surface area contributed by atoms with Crippen LogP contribution in [0.25, 0.3) is 0 Å². The molecule has 2 aliphatic rings. The van der Waals surface area contributed by atoms with Crippen molar-refractivity contribution in [2.45, 2.75) is 128 Å². The van der Waals surface area contributed by atoms with Crippen LogP contribution in [0.3, 0.4) is 0 Å². The van der Waals surface area contributed by atoms with Crippen molar-refractivity contribution in [1.29, 1.82) is 0 Å². The van der Waals surface area contributed by atoms with Crippen molar-refractivity contribution in [3.63, 3.8) is 0 Å². The molecule has 1 saturated carbocycles. The van der Waals surface area contributed by atoms with E-state index in [0.717, 1.165) is 9.85 Å². The van der Waals surface area contributed by atoms with E-state index in [9.17, 15) is 0 Å². The Balaban J connectivity index is 1.83. The Kier molecular flexibility index (Phi) is 12.1. The molecular formula is C37H59NSiSn. The van der Waals surface area contributed by atoms with Crippen LogP contribution in [0.4, 0.5) is 0 Å². The molecule has 0 aromatic heterocycles. The monoisotopic (exact) mass is 665 g/mol. The third kappa shape index (κ3) is 7.75. The number of likely N-dealkylation sites (tertiary alicyclic amines) is 1. The average Bonchev–Trinajstić information content (AvgIpc) is 3.30. The summed E-state index contributed by atoms with van der Waals surface area (Å²) in [6.07, 6.45) is 13.0. The first kappa shape index (κ1) is 32.1. The Morgan fingerprint density at radius 1 is 0.775 bits per heavy atom. The van der Waals surface area contributed by atoms with Crippen LogP contribution in [0.15, 0.2) is 71.9 Å². The van der Waals surface area contributed by atoms with Crippen molar-refractivity contribution >= 4 is 26.5 Å². The Morgan fingerprint density at radius 3 is 1.73 bits per heavy atom. The summed E-state index contributed by atoms with van der Waals surface area (Å²) < 4.78 is 6.00. The molecule has 0 unspecified atom stereocenters. The zero-order valence-electron chi connectivity index (χ0n) is 26.8. The molecule has 0 amide bonds. The molecule has 2 fully saturated rings. The van der Waals surface area contributed by atoms with Crippen LogP contribution in [0, 0.1) is 5.92 Å². The van der Waals surface area contributed by atoms with E-state index in [4.69, 9.17) is 0 Å². The maximum absolute atomic E-state index is 3.00. The number of benzene rings is 2. The summed E-state index contributed by atoms with van der Waals surface area (Å²) in [5, 5.41) is 0. The molecule has 3 atom stereocenters. The number of nitrogens with zero attached hydrogens (tertiary/aromatic N) is 1. The number of hydrogen-bond donors (Lipinski definition) is 0. The van der Waals surface area contributed by atoms with Gasteiger partial charge in [-0.1, -0.05) is 0 Å². The Bertz CT molecular complexity index is 982. The van der Waals surface area contributed by atoms with Crippen LogP contribution < -0.4 is 0 Å². The Morgan fingerprint density at radius 2 is 1.27 bits per heavy atom. The molecule has 3 heteroatoms. The molecule has 1 saturated heterocycles. The zero-order chi connectivity index (χ0) is 28.6. The number of rotatable bonds is 14. The van der Waals surface area contributed by atoms with Gasteiger partial charge < -0.3 is 0 Å². The summed E-state index contributed by atoms with van der Waals surface area (Å²) in [7, 11) is -1.35. The van der Waals surface area contributed by atoms with Crippen LogP contribution in [0.1, 0.15) is 95.7 Å². The molecule has 0 bridgehead atoms. The van der Waals surface area contributed by atoms with E-state index in [1.165, 1.54) is 75.5 Å². The van der Waals surface area contributed by atoms with E-state index >= 15 is 0 Å². The predicted octanol–water partition coefficient (Wildman–Crippen LogP) is 11.3. The second kappa shape index (κ2) is 15.1. The summed E-state index contributed by atoms with van der Waals surface area (Å²) >= 11 is -2.43. The van der Waals surface area contributed by atoms with Crippen molar-refractivity contribution in [2.24, 2.45) is 5.92 Å². The number of hydrogen-bond acceptors (Lipinski definition) is 1. The zero-order valence-corrected chi connectivity index (χ0v) is 30.7. The summed E-state index contributed by atoms with van der Waals surface area (Å²) in [5.74, 6) is 0.816. The molecule has 1 heterocycles. The van der Waals surface area contributed by atoms with E-state index in [1.807, 2.05) is 5.57 Å². The molecule has 1 aliphatic heterocycles. The van der Waals surface area contributed by atoms with Gasteiger partial charge in [-0.05, 0) is 0 Å². The molecule has 0 radical (unpaired) electrons. The van der Waals surface area contributed by atoms with Crippen molar-refractivity contribution < 1.29 is 0 Å². The quantitative estimate of drug-likeness (QED) is 0.182. The molecular weight excluding hydrogens is 605 g/mol. The summed E-state index contributed by atoms with van der Waals surface area (Å²) in [6, 6.07) is 24.0. The second-order valence-electron chi connectivity index (χ2n) is 14.3. The Labute approximate surface area is 253 Å². The van der Waals surface area contributed by atoms with Gasteiger partial charge in [-0.2, -0.15) is 0 Å². The van der Waals surface area contributed by atoms with Crippen molar-refractivity contribution in [3.05, 3.63) is 83.1 Å². The van der Waals surface area contributed by atoms with Crippen LogP contribution >= 0.6 is 0 Å². The average molecular weight is 665 g/mol. The molecule has 0 spiro atoms. The van der Waals surface area contributed by atoms with Crippen LogP contribution in [0.2, 0.25) is 36.9 Å². The van der Waals surface area contributed by atoms with Gasteiger partial charge in [0, 0.05) is 0 Å². The molecule has 2 aromatic carbocycles. The fourth-order valence-corrected chi connectivity index (χ4v) is 30.0. The number of fused-ring (bicyclic) bond motifs is 1. The van der Waals surface area contributed by atoms with Crippen molar-refractivity contribution in [3.8, 4) is 0 Å². The van der Waals surface area contributed by atoms with E-state index < -0.39 is 26.5 Å². The first-order valence-electron chi connectivity index (χ1n) is 16.9. The van der Waals surface area contributed by atoms with Gasteiger partial charge in [-0.15, -0.1) is 0 Å². The van der Waals surface area contributed by atoms with E-state index in [0.29, 0.717) is 12.1 Å². The van der Waals surface area contributed by atoms with Crippen molar-refractivity contribution in [1.82, 2.24) is 4.90 Å². The maximum atomic E-state index is 3.00. The van der Waals surface area contributed by atoms with Crippen LogP contribution in [-0.4, -0.2) is 43.9 Å². The molecule has 4 rings (SSSR count). The fraction of sp³-hybridized carbons (Fsp3) is 0.622. The van der Waals surface area contributed by atoms with Gasteiger partial charge in [-0.3, -0.25) is 0 Å². The molecule has 1 nitrogen and oxygen atoms in total. The SMILES string of the molecule is CCC[CH2][Sn]([CH2]CCC)([CH2]CCC)[C@@H]1CCC[C@H]2[C@@H]1C(=C[Si](C)(C)C)CN2C(c1ccccc1)c1ccccc1. The minimum atomic E-state index is -2.43. The summed E-state index contributed by atoms with van der Waals surface area (Å²) in [6.45, 7) is 16.2. The van der Waals surface area contributed by atoms with Crippen LogP contribution in [0.5, 0.6) is 0 Å². The predicted molar refractivity (Wildman–Crippen MR) is 183 cm³/mol. The van der Waals surface area contributed by atoms with E-state index in [-0.39, 0.29) is 0 Å². The standard InChI is InChI=1S/C25H32NSi.3C4H9.Sn/c1-27(2,3)19-22-18-26(24-17-11-10-16-23(22)24)25(20-12-6-4-7-13-20)21-14-8-5-9-15-21;3*1-3-4-2;/h4-9,12-16,19,23-25H,10-11,17-18H2,1-3H3;3*1,3-4H2,2H3;/t23-,24-;;;;/m0..../s1. The summed E-state index contributed by atoms with van der Waals surface area (Å²) in [5.41, 5.74) is 7.70. The minimum absolute atomic E-state index is 0.354. The molecule has 0 N–H and O–H groups in total. The van der Waals surface area contributed by atoms with Crippen molar-refractivity contribution in [2.75, 3.05) is 6.54 Å². The first-order chi connectivity index (χ1) is 19.3.